The van der Waals surface area contributed by atoms with Crippen LogP contribution in [-0.4, -0.2) is 19.8 Å². The average molecular weight is 259 g/mol. The Morgan fingerprint density at radius 1 is 1.21 bits per heavy atom. The number of hydrogen-bond donors (Lipinski definition) is 1. The summed E-state index contributed by atoms with van der Waals surface area (Å²) in [5.74, 6) is 1.56. The fourth-order valence-electron chi connectivity index (χ4n) is 3.02. The first-order valence-electron chi connectivity index (χ1n) is 7.70. The lowest BCUT2D eigenvalue weighted by Crippen LogP contribution is -2.32. The predicted octanol–water partition coefficient (Wildman–Crippen LogP) is 3.46. The molecule has 104 valence electrons. The lowest BCUT2D eigenvalue weighted by Gasteiger charge is -2.26. The van der Waals surface area contributed by atoms with E-state index in [9.17, 15) is 0 Å². The van der Waals surface area contributed by atoms with Gasteiger partial charge in [-0.25, -0.2) is 0 Å². The fraction of sp³-hybridized carbons (Fsp3) is 0.647. The number of aryl methyl sites for hydroxylation is 1. The molecular formula is C17H25NO. The van der Waals surface area contributed by atoms with Crippen molar-refractivity contribution in [3.8, 4) is 0 Å². The summed E-state index contributed by atoms with van der Waals surface area (Å²) in [5.41, 5.74) is 2.81. The van der Waals surface area contributed by atoms with Gasteiger partial charge in [0.05, 0.1) is 6.61 Å². The van der Waals surface area contributed by atoms with E-state index < -0.39 is 0 Å². The minimum atomic E-state index is 0.558. The van der Waals surface area contributed by atoms with E-state index in [0.29, 0.717) is 12.0 Å². The first-order chi connectivity index (χ1) is 9.33. The largest absolute Gasteiger partial charge is 0.381 e. The van der Waals surface area contributed by atoms with Crippen molar-refractivity contribution < 1.29 is 4.74 Å². The Bertz CT molecular complexity index is 390. The van der Waals surface area contributed by atoms with Gasteiger partial charge in [0, 0.05) is 19.2 Å². The Hall–Kier alpha value is -0.860. The van der Waals surface area contributed by atoms with Gasteiger partial charge in [0.15, 0.2) is 0 Å². The topological polar surface area (TPSA) is 21.3 Å². The molecule has 0 aromatic heterocycles. The molecule has 1 aromatic carbocycles. The van der Waals surface area contributed by atoms with E-state index in [2.05, 4.69) is 36.5 Å². The summed E-state index contributed by atoms with van der Waals surface area (Å²) in [4.78, 5) is 0. The highest BCUT2D eigenvalue weighted by Gasteiger charge is 2.32. The summed E-state index contributed by atoms with van der Waals surface area (Å²) in [6.45, 7) is 5.16. The molecule has 2 nitrogen and oxygen atoms in total. The van der Waals surface area contributed by atoms with Gasteiger partial charge in [-0.1, -0.05) is 29.8 Å². The molecule has 2 atom stereocenters. The Balaban J connectivity index is 1.59. The molecule has 1 saturated heterocycles. The summed E-state index contributed by atoms with van der Waals surface area (Å²) in [7, 11) is 0. The summed E-state index contributed by atoms with van der Waals surface area (Å²) < 4.78 is 5.57. The van der Waals surface area contributed by atoms with E-state index in [1.165, 1.54) is 36.8 Å². The van der Waals surface area contributed by atoms with E-state index in [1.54, 1.807) is 0 Å². The first-order valence-corrected chi connectivity index (χ1v) is 7.70. The van der Waals surface area contributed by atoms with Crippen LogP contribution < -0.4 is 5.32 Å². The summed E-state index contributed by atoms with van der Waals surface area (Å²) in [5, 5.41) is 3.81. The molecule has 1 aliphatic heterocycles. The predicted molar refractivity (Wildman–Crippen MR) is 78.2 cm³/mol. The molecule has 19 heavy (non-hydrogen) atoms. The molecule has 2 unspecified atom stereocenters. The van der Waals surface area contributed by atoms with E-state index in [1.807, 2.05) is 0 Å². The second-order valence-electron chi connectivity index (χ2n) is 6.22. The van der Waals surface area contributed by atoms with Crippen LogP contribution in [0.15, 0.2) is 24.3 Å². The van der Waals surface area contributed by atoms with Crippen molar-refractivity contribution in [2.24, 2.45) is 11.8 Å². The molecule has 1 heterocycles. The molecule has 1 N–H and O–H groups in total. The molecule has 1 aliphatic carbocycles. The van der Waals surface area contributed by atoms with Crippen LogP contribution in [0.1, 0.15) is 42.9 Å². The van der Waals surface area contributed by atoms with Crippen molar-refractivity contribution in [3.05, 3.63) is 35.4 Å². The van der Waals surface area contributed by atoms with Gasteiger partial charge >= 0.3 is 0 Å². The molecule has 1 aromatic rings. The number of ether oxygens (including phenoxy) is 1. The Morgan fingerprint density at radius 2 is 2.00 bits per heavy atom. The Labute approximate surface area is 116 Å². The van der Waals surface area contributed by atoms with E-state index >= 15 is 0 Å². The molecule has 0 spiro atoms. The van der Waals surface area contributed by atoms with Crippen LogP contribution in [0.2, 0.25) is 0 Å². The first kappa shape index (κ1) is 13.1. The number of rotatable bonds is 5. The van der Waals surface area contributed by atoms with Crippen LogP contribution in [0.25, 0.3) is 0 Å². The molecule has 0 amide bonds. The summed E-state index contributed by atoms with van der Waals surface area (Å²) in [6.07, 6.45) is 5.31. The zero-order chi connectivity index (χ0) is 13.1. The third-order valence-electron chi connectivity index (χ3n) is 4.41. The van der Waals surface area contributed by atoms with E-state index in [-0.39, 0.29) is 0 Å². The van der Waals surface area contributed by atoms with Crippen LogP contribution in [0.5, 0.6) is 0 Å². The zero-order valence-corrected chi connectivity index (χ0v) is 11.9. The van der Waals surface area contributed by atoms with Gasteiger partial charge < -0.3 is 10.1 Å². The van der Waals surface area contributed by atoms with Crippen LogP contribution in [-0.2, 0) is 4.74 Å². The zero-order valence-electron chi connectivity index (χ0n) is 11.9. The quantitative estimate of drug-likeness (QED) is 0.874. The maximum Gasteiger partial charge on any atom is 0.0506 e. The molecule has 2 aliphatic rings. The second-order valence-corrected chi connectivity index (χ2v) is 6.22. The second kappa shape index (κ2) is 6.06. The summed E-state index contributed by atoms with van der Waals surface area (Å²) in [6, 6.07) is 9.61. The molecule has 0 bridgehead atoms. The fourth-order valence-corrected chi connectivity index (χ4v) is 3.02. The van der Waals surface area contributed by atoms with Crippen molar-refractivity contribution >= 4 is 0 Å². The van der Waals surface area contributed by atoms with Crippen LogP contribution in [0.4, 0.5) is 0 Å². The normalized spacial score (nSPS) is 25.2. The van der Waals surface area contributed by atoms with Crippen LogP contribution >= 0.6 is 0 Å². The highest BCUT2D eigenvalue weighted by atomic mass is 16.5. The Morgan fingerprint density at radius 3 is 2.63 bits per heavy atom. The molecule has 2 heteroatoms. The Kier molecular flexibility index (Phi) is 4.19. The highest BCUT2D eigenvalue weighted by molar-refractivity contribution is 5.25. The van der Waals surface area contributed by atoms with Gasteiger partial charge in [-0.05, 0) is 50.0 Å². The van der Waals surface area contributed by atoms with Gasteiger partial charge in [0.2, 0.25) is 0 Å². The maximum atomic E-state index is 5.57. The molecule has 2 fully saturated rings. The lowest BCUT2D eigenvalue weighted by molar-refractivity contribution is 0.0535. The van der Waals surface area contributed by atoms with Crippen molar-refractivity contribution in [2.45, 2.75) is 38.6 Å². The summed E-state index contributed by atoms with van der Waals surface area (Å²) >= 11 is 0. The third-order valence-corrected chi connectivity index (χ3v) is 4.41. The van der Waals surface area contributed by atoms with Gasteiger partial charge in [-0.2, -0.15) is 0 Å². The highest BCUT2D eigenvalue weighted by Crippen LogP contribution is 2.41. The van der Waals surface area contributed by atoms with Gasteiger partial charge in [-0.3, -0.25) is 0 Å². The van der Waals surface area contributed by atoms with E-state index in [4.69, 9.17) is 4.74 Å². The van der Waals surface area contributed by atoms with E-state index in [0.717, 1.165) is 25.7 Å². The van der Waals surface area contributed by atoms with Gasteiger partial charge in [0.1, 0.15) is 0 Å². The lowest BCUT2D eigenvalue weighted by atomic mass is 9.98. The van der Waals surface area contributed by atoms with Crippen LogP contribution in [0.3, 0.4) is 0 Å². The minimum absolute atomic E-state index is 0.558. The van der Waals surface area contributed by atoms with Gasteiger partial charge in [-0.15, -0.1) is 0 Å². The van der Waals surface area contributed by atoms with Crippen molar-refractivity contribution in [1.29, 1.82) is 0 Å². The van der Waals surface area contributed by atoms with Gasteiger partial charge in [0.25, 0.3) is 0 Å². The van der Waals surface area contributed by atoms with Crippen molar-refractivity contribution in [3.63, 3.8) is 0 Å². The maximum absolute atomic E-state index is 5.57. The third kappa shape index (κ3) is 3.58. The van der Waals surface area contributed by atoms with Crippen molar-refractivity contribution in [2.75, 3.05) is 19.8 Å². The minimum Gasteiger partial charge on any atom is -0.381 e. The van der Waals surface area contributed by atoms with Crippen molar-refractivity contribution in [1.82, 2.24) is 5.32 Å². The molecule has 3 rings (SSSR count). The number of hydrogen-bond acceptors (Lipinski definition) is 2. The monoisotopic (exact) mass is 259 g/mol. The average Bonchev–Trinajstić information content (AvgIpc) is 3.27. The smallest absolute Gasteiger partial charge is 0.0506 e. The standard InChI is InChI=1S/C17H25NO/c1-13-4-6-15(7-5-13)17(16-8-9-16)18-11-14-3-2-10-19-12-14/h4-7,14,16-18H,2-3,8-12H2,1H3. The SMILES string of the molecule is Cc1ccc(C(NCC2CCCOC2)C2CC2)cc1. The van der Waals surface area contributed by atoms with Crippen LogP contribution in [0, 0.1) is 18.8 Å². The molecular weight excluding hydrogens is 234 g/mol. The number of nitrogens with one attached hydrogen (secondary N) is 1. The molecule has 0 radical (unpaired) electrons. The number of benzene rings is 1. The molecule has 1 saturated carbocycles.